The highest BCUT2D eigenvalue weighted by atomic mass is 16.6. The Bertz CT molecular complexity index is 1610. The Hall–Kier alpha value is -4.08. The van der Waals surface area contributed by atoms with E-state index in [1.165, 1.54) is 36.2 Å². The monoisotopic (exact) mass is 524 g/mol. The number of nitrogens with zero attached hydrogens (tertiary/aromatic N) is 4. The molecule has 9 nitrogen and oxygen atoms in total. The second kappa shape index (κ2) is 10.6. The van der Waals surface area contributed by atoms with Crippen LogP contribution in [0.4, 0.5) is 11.6 Å². The van der Waals surface area contributed by atoms with Gasteiger partial charge < -0.3 is 14.8 Å². The second-order valence-corrected chi connectivity index (χ2v) is 10.4. The maximum atomic E-state index is 13.3. The number of anilines is 2. The highest BCUT2D eigenvalue weighted by molar-refractivity contribution is 5.96. The van der Waals surface area contributed by atoms with Crippen molar-refractivity contribution in [1.82, 2.24) is 24.9 Å². The van der Waals surface area contributed by atoms with E-state index in [4.69, 9.17) is 9.82 Å². The van der Waals surface area contributed by atoms with Crippen LogP contribution in [-0.4, -0.2) is 52.6 Å². The van der Waals surface area contributed by atoms with Crippen molar-refractivity contribution in [3.63, 3.8) is 0 Å². The molecule has 1 fully saturated rings. The highest BCUT2D eigenvalue weighted by Crippen LogP contribution is 2.30. The molecule has 1 aliphatic carbocycles. The van der Waals surface area contributed by atoms with Gasteiger partial charge in [-0.1, -0.05) is 18.2 Å². The molecule has 4 aromatic rings. The van der Waals surface area contributed by atoms with Gasteiger partial charge in [0.2, 0.25) is 11.4 Å². The van der Waals surface area contributed by atoms with Crippen molar-refractivity contribution in [2.45, 2.75) is 38.0 Å². The Morgan fingerprint density at radius 1 is 1.08 bits per heavy atom. The largest absolute Gasteiger partial charge is 0.324 e. The molecule has 200 valence electrons. The maximum absolute atomic E-state index is 13.3. The van der Waals surface area contributed by atoms with E-state index in [0.717, 1.165) is 56.6 Å². The van der Waals surface area contributed by atoms with Gasteiger partial charge in [0.05, 0.1) is 12.5 Å². The Balaban J connectivity index is 1.40. The third kappa shape index (κ3) is 5.03. The quantitative estimate of drug-likeness (QED) is 0.366. The molecule has 0 atom stereocenters. The topological polar surface area (TPSA) is 101 Å². The summed E-state index contributed by atoms with van der Waals surface area (Å²) >= 11 is 0. The summed E-state index contributed by atoms with van der Waals surface area (Å²) in [5, 5.41) is 3.59. The van der Waals surface area contributed by atoms with Crippen molar-refractivity contribution >= 4 is 28.6 Å². The fraction of sp³-hybridized carbons (Fsp3) is 0.333. The molecule has 0 saturated carbocycles. The Morgan fingerprint density at radius 3 is 2.72 bits per heavy atom. The van der Waals surface area contributed by atoms with Gasteiger partial charge in [-0.3, -0.25) is 14.4 Å². The van der Waals surface area contributed by atoms with Crippen LogP contribution in [0.3, 0.4) is 0 Å². The van der Waals surface area contributed by atoms with E-state index in [2.05, 4.69) is 58.1 Å². The minimum absolute atomic E-state index is 0.0417. The fourth-order valence-electron chi connectivity index (χ4n) is 5.73. The van der Waals surface area contributed by atoms with E-state index >= 15 is 0 Å². The summed E-state index contributed by atoms with van der Waals surface area (Å²) in [4.78, 5) is 42.3. The van der Waals surface area contributed by atoms with Crippen LogP contribution in [0.1, 0.15) is 52.2 Å². The number of hydrogen-bond donors (Lipinski definition) is 2. The molecule has 0 radical (unpaired) electrons. The zero-order chi connectivity index (χ0) is 26.9. The molecule has 2 aromatic carbocycles. The lowest BCUT2D eigenvalue weighted by Crippen LogP contribution is -2.29. The molecule has 0 bridgehead atoms. The first-order valence-electron chi connectivity index (χ1n) is 13.4. The number of hydrogen-bond acceptors (Lipinski definition) is 7. The van der Waals surface area contributed by atoms with Crippen LogP contribution in [-0.2, 0) is 17.7 Å². The predicted octanol–water partition coefficient (Wildman–Crippen LogP) is 4.11. The van der Waals surface area contributed by atoms with Crippen molar-refractivity contribution in [2.75, 3.05) is 32.6 Å². The predicted molar refractivity (Wildman–Crippen MR) is 151 cm³/mol. The smallest absolute Gasteiger partial charge is 0.280 e. The lowest BCUT2D eigenvalue weighted by molar-refractivity contribution is 0.0536. The third-order valence-electron chi connectivity index (χ3n) is 7.88. The lowest BCUT2D eigenvalue weighted by Gasteiger charge is -2.29. The molecule has 39 heavy (non-hydrogen) atoms. The number of benzene rings is 2. The average Bonchev–Trinajstić information content (AvgIpc) is 3.42. The number of amides is 1. The van der Waals surface area contributed by atoms with Gasteiger partial charge in [0.25, 0.3) is 5.91 Å². The van der Waals surface area contributed by atoms with E-state index in [1.54, 1.807) is 4.57 Å². The number of rotatable bonds is 6. The zero-order valence-electron chi connectivity index (χ0n) is 22.2. The average molecular weight is 525 g/mol. The van der Waals surface area contributed by atoms with Gasteiger partial charge >= 0.3 is 0 Å². The molecular formula is C30H32N6O3. The fourth-order valence-corrected chi connectivity index (χ4v) is 5.73. The van der Waals surface area contributed by atoms with Gasteiger partial charge in [-0.2, -0.15) is 4.98 Å². The Kier molecular flexibility index (Phi) is 6.85. The van der Waals surface area contributed by atoms with E-state index in [1.807, 2.05) is 12.1 Å². The van der Waals surface area contributed by atoms with Crippen molar-refractivity contribution in [1.29, 1.82) is 0 Å². The van der Waals surface area contributed by atoms with Crippen molar-refractivity contribution in [2.24, 2.45) is 0 Å². The molecule has 6 rings (SSSR count). The molecule has 0 spiro atoms. The molecule has 0 unspecified atom stereocenters. The number of carbonyl (C=O) groups is 1. The van der Waals surface area contributed by atoms with E-state index in [0.29, 0.717) is 17.5 Å². The minimum Gasteiger partial charge on any atom is -0.324 e. The van der Waals surface area contributed by atoms with Gasteiger partial charge in [-0.15, -0.1) is 0 Å². The standard InChI is InChI=1S/C30H32N6O3/c1-35-13-11-20(12-14-35)21-7-4-8-23(15-21)32-30-31-17-25-27(37)26(29(38)34-39-2)18-36(28(25)33-30)24-10-9-19-5-3-6-22(19)16-24/h4,7-10,15-18,20H,3,5-6,11-14H2,1-2H3,(H,34,38)(H,31,32,33). The van der Waals surface area contributed by atoms with Gasteiger partial charge in [0, 0.05) is 23.8 Å². The zero-order valence-corrected chi connectivity index (χ0v) is 22.2. The van der Waals surface area contributed by atoms with E-state index in [9.17, 15) is 9.59 Å². The number of piperidine rings is 1. The maximum Gasteiger partial charge on any atom is 0.280 e. The van der Waals surface area contributed by atoms with Gasteiger partial charge in [-0.25, -0.2) is 10.5 Å². The minimum atomic E-state index is -0.618. The summed E-state index contributed by atoms with van der Waals surface area (Å²) in [6, 6.07) is 14.6. The summed E-state index contributed by atoms with van der Waals surface area (Å²) < 4.78 is 1.79. The second-order valence-electron chi connectivity index (χ2n) is 10.4. The third-order valence-corrected chi connectivity index (χ3v) is 7.88. The summed E-state index contributed by atoms with van der Waals surface area (Å²) in [6.07, 6.45) is 8.49. The first kappa shape index (κ1) is 25.2. The van der Waals surface area contributed by atoms with Gasteiger partial charge in [-0.05, 0) is 99.1 Å². The first-order chi connectivity index (χ1) is 19.0. The molecule has 2 N–H and O–H groups in total. The number of aromatic nitrogens is 3. The van der Waals surface area contributed by atoms with Crippen LogP contribution in [0.5, 0.6) is 0 Å². The molecule has 1 saturated heterocycles. The molecule has 2 aliphatic rings. The van der Waals surface area contributed by atoms with Gasteiger partial charge in [0.1, 0.15) is 5.56 Å². The number of aryl methyl sites for hydroxylation is 2. The normalized spacial score (nSPS) is 15.8. The van der Waals surface area contributed by atoms with Crippen LogP contribution in [0.15, 0.2) is 59.7 Å². The number of hydroxylamine groups is 1. The number of pyridine rings is 1. The summed E-state index contributed by atoms with van der Waals surface area (Å²) in [5.74, 6) is 0.292. The van der Waals surface area contributed by atoms with Crippen molar-refractivity contribution in [3.8, 4) is 5.69 Å². The lowest BCUT2D eigenvalue weighted by atomic mass is 9.89. The number of nitrogens with one attached hydrogen (secondary N) is 2. The van der Waals surface area contributed by atoms with E-state index in [-0.39, 0.29) is 10.9 Å². The first-order valence-corrected chi connectivity index (χ1v) is 13.4. The van der Waals surface area contributed by atoms with Crippen molar-refractivity contribution in [3.05, 3.63) is 87.3 Å². The summed E-state index contributed by atoms with van der Waals surface area (Å²) in [6.45, 7) is 2.20. The number of fused-ring (bicyclic) bond motifs is 2. The van der Waals surface area contributed by atoms with Gasteiger partial charge in [0.15, 0.2) is 5.65 Å². The molecule has 3 heterocycles. The number of carbonyl (C=O) groups excluding carboxylic acids is 1. The summed E-state index contributed by atoms with van der Waals surface area (Å²) in [7, 11) is 3.50. The molecular weight excluding hydrogens is 492 g/mol. The van der Waals surface area contributed by atoms with Crippen LogP contribution < -0.4 is 16.2 Å². The molecule has 2 aromatic heterocycles. The van der Waals surface area contributed by atoms with Crippen LogP contribution in [0.2, 0.25) is 0 Å². The van der Waals surface area contributed by atoms with Crippen LogP contribution in [0.25, 0.3) is 16.7 Å². The van der Waals surface area contributed by atoms with Crippen LogP contribution in [0, 0.1) is 0 Å². The van der Waals surface area contributed by atoms with Crippen LogP contribution >= 0.6 is 0 Å². The summed E-state index contributed by atoms with van der Waals surface area (Å²) in [5.41, 5.74) is 7.84. The molecule has 1 aliphatic heterocycles. The van der Waals surface area contributed by atoms with E-state index < -0.39 is 11.3 Å². The number of likely N-dealkylation sites (tertiary alicyclic amines) is 1. The molecule has 9 heteroatoms. The SMILES string of the molecule is CONC(=O)c1cn(-c2ccc3c(c2)CCC3)c2nc(Nc3cccc(C4CCN(C)CC4)c3)ncc2c1=O. The Labute approximate surface area is 226 Å². The van der Waals surface area contributed by atoms with Crippen molar-refractivity contribution < 1.29 is 9.63 Å². The Morgan fingerprint density at radius 2 is 1.90 bits per heavy atom. The highest BCUT2D eigenvalue weighted by Gasteiger charge is 2.21. The molecule has 1 amide bonds.